The SMILES string of the molecule is COC(=O)C1=C(NC(C)(C)C)Oc2c(c3nc4ccccc4nc3c3ccccc23)C1C(=O)OC. The van der Waals surface area contributed by atoms with Gasteiger partial charge < -0.3 is 19.5 Å². The number of carbonyl (C=O) groups is 2. The van der Waals surface area contributed by atoms with Crippen LogP contribution in [-0.4, -0.2) is 41.7 Å². The fourth-order valence-electron chi connectivity index (χ4n) is 4.43. The summed E-state index contributed by atoms with van der Waals surface area (Å²) in [7, 11) is 2.55. The summed E-state index contributed by atoms with van der Waals surface area (Å²) >= 11 is 0. The van der Waals surface area contributed by atoms with Crippen molar-refractivity contribution in [3.05, 3.63) is 65.6 Å². The number of esters is 2. The molecule has 0 saturated heterocycles. The average molecular weight is 472 g/mol. The second-order valence-electron chi connectivity index (χ2n) is 9.37. The van der Waals surface area contributed by atoms with E-state index in [1.165, 1.54) is 14.2 Å². The Kier molecular flexibility index (Phi) is 5.31. The van der Waals surface area contributed by atoms with Crippen molar-refractivity contribution in [3.63, 3.8) is 0 Å². The van der Waals surface area contributed by atoms with Gasteiger partial charge in [-0.05, 0) is 32.9 Å². The van der Waals surface area contributed by atoms with Crippen LogP contribution in [-0.2, 0) is 19.1 Å². The highest BCUT2D eigenvalue weighted by Gasteiger charge is 2.44. The van der Waals surface area contributed by atoms with Crippen LogP contribution < -0.4 is 10.1 Å². The summed E-state index contributed by atoms with van der Waals surface area (Å²) in [6, 6.07) is 15.1. The quantitative estimate of drug-likeness (QED) is 0.267. The van der Waals surface area contributed by atoms with E-state index in [1.807, 2.05) is 69.3 Å². The van der Waals surface area contributed by atoms with Crippen LogP contribution in [0.4, 0.5) is 0 Å². The normalized spacial score (nSPS) is 15.6. The Labute approximate surface area is 201 Å². The van der Waals surface area contributed by atoms with Crippen LogP contribution in [0.3, 0.4) is 0 Å². The average Bonchev–Trinajstić information content (AvgIpc) is 2.85. The number of nitrogens with zero attached hydrogens (tertiary/aromatic N) is 2. The van der Waals surface area contributed by atoms with Gasteiger partial charge >= 0.3 is 11.9 Å². The molecule has 35 heavy (non-hydrogen) atoms. The van der Waals surface area contributed by atoms with Crippen molar-refractivity contribution in [1.82, 2.24) is 15.3 Å². The maximum Gasteiger partial charge on any atom is 0.340 e. The van der Waals surface area contributed by atoms with Gasteiger partial charge in [0.2, 0.25) is 5.88 Å². The van der Waals surface area contributed by atoms with Crippen LogP contribution in [0.25, 0.3) is 32.8 Å². The van der Waals surface area contributed by atoms with Crippen molar-refractivity contribution in [2.45, 2.75) is 32.2 Å². The molecule has 0 fully saturated rings. The molecule has 8 heteroatoms. The molecule has 2 heterocycles. The Bertz CT molecular complexity index is 1550. The van der Waals surface area contributed by atoms with E-state index in [2.05, 4.69) is 5.32 Å². The third kappa shape index (κ3) is 3.71. The molecule has 0 bridgehead atoms. The fourth-order valence-corrected chi connectivity index (χ4v) is 4.43. The predicted molar refractivity (Wildman–Crippen MR) is 132 cm³/mol. The molecule has 0 amide bonds. The van der Waals surface area contributed by atoms with Crippen molar-refractivity contribution in [3.8, 4) is 5.75 Å². The first-order valence-corrected chi connectivity index (χ1v) is 11.2. The molecule has 0 saturated carbocycles. The van der Waals surface area contributed by atoms with Crippen molar-refractivity contribution in [1.29, 1.82) is 0 Å². The van der Waals surface area contributed by atoms with Crippen LogP contribution in [0, 0.1) is 0 Å². The van der Waals surface area contributed by atoms with Gasteiger partial charge in [0.1, 0.15) is 17.2 Å². The third-order valence-electron chi connectivity index (χ3n) is 5.85. The summed E-state index contributed by atoms with van der Waals surface area (Å²) < 4.78 is 16.7. The van der Waals surface area contributed by atoms with Crippen LogP contribution in [0.1, 0.15) is 32.3 Å². The summed E-state index contributed by atoms with van der Waals surface area (Å²) in [4.78, 5) is 36.2. The first-order valence-electron chi connectivity index (χ1n) is 11.2. The number of hydrogen-bond donors (Lipinski definition) is 1. The minimum Gasteiger partial charge on any atom is -0.468 e. The zero-order valence-corrected chi connectivity index (χ0v) is 20.1. The number of rotatable bonds is 3. The minimum absolute atomic E-state index is 0.0216. The number of aromatic nitrogens is 2. The topological polar surface area (TPSA) is 99.6 Å². The maximum atomic E-state index is 13.3. The Morgan fingerprint density at radius 2 is 1.49 bits per heavy atom. The van der Waals surface area contributed by atoms with Gasteiger partial charge in [0.25, 0.3) is 0 Å². The first kappa shape index (κ1) is 22.6. The van der Waals surface area contributed by atoms with E-state index in [-0.39, 0.29) is 11.5 Å². The van der Waals surface area contributed by atoms with E-state index in [0.717, 1.165) is 16.3 Å². The van der Waals surface area contributed by atoms with Gasteiger partial charge in [-0.2, -0.15) is 0 Å². The molecule has 1 atom stereocenters. The Morgan fingerprint density at radius 3 is 2.09 bits per heavy atom. The maximum absolute atomic E-state index is 13.3. The molecule has 1 aliphatic rings. The van der Waals surface area contributed by atoms with Gasteiger partial charge in [0.05, 0.1) is 36.3 Å². The van der Waals surface area contributed by atoms with Crippen molar-refractivity contribution >= 4 is 44.8 Å². The number of nitrogens with one attached hydrogen (secondary N) is 1. The van der Waals surface area contributed by atoms with Crippen LogP contribution in [0.15, 0.2) is 60.0 Å². The van der Waals surface area contributed by atoms with Gasteiger partial charge in [-0.1, -0.05) is 36.4 Å². The van der Waals surface area contributed by atoms with E-state index in [1.54, 1.807) is 0 Å². The molecule has 1 N–H and O–H groups in total. The van der Waals surface area contributed by atoms with Crippen LogP contribution >= 0.6 is 0 Å². The van der Waals surface area contributed by atoms with E-state index in [0.29, 0.717) is 27.9 Å². The molecule has 0 radical (unpaired) electrons. The highest BCUT2D eigenvalue weighted by molar-refractivity contribution is 6.14. The smallest absolute Gasteiger partial charge is 0.340 e. The number of methoxy groups -OCH3 is 2. The molecule has 4 aromatic rings. The van der Waals surface area contributed by atoms with E-state index >= 15 is 0 Å². The van der Waals surface area contributed by atoms with E-state index in [4.69, 9.17) is 24.2 Å². The summed E-state index contributed by atoms with van der Waals surface area (Å²) in [6.45, 7) is 5.78. The summed E-state index contributed by atoms with van der Waals surface area (Å²) in [6.07, 6.45) is 0. The van der Waals surface area contributed by atoms with Crippen LogP contribution in [0.2, 0.25) is 0 Å². The lowest BCUT2D eigenvalue weighted by Crippen LogP contribution is -2.41. The number of para-hydroxylation sites is 2. The number of ether oxygens (including phenoxy) is 3. The van der Waals surface area contributed by atoms with Crippen molar-refractivity contribution in [2.24, 2.45) is 0 Å². The molecule has 0 spiro atoms. The lowest BCUT2D eigenvalue weighted by molar-refractivity contribution is -0.145. The molecular weight excluding hydrogens is 446 g/mol. The third-order valence-corrected chi connectivity index (χ3v) is 5.85. The standard InChI is InChI=1S/C27H25N3O5/c1-27(2,3)30-24-20(26(32)34-5)18(25(31)33-4)19-22-21(28-16-12-8-9-13-17(16)29-22)14-10-6-7-11-15(14)23(19)35-24/h6-13,18,30H,1-5H3. The minimum atomic E-state index is -1.14. The van der Waals surface area contributed by atoms with Gasteiger partial charge in [-0.25, -0.2) is 14.8 Å². The highest BCUT2D eigenvalue weighted by atomic mass is 16.5. The number of hydrogen-bond acceptors (Lipinski definition) is 8. The largest absolute Gasteiger partial charge is 0.468 e. The Hall–Kier alpha value is -4.20. The second kappa shape index (κ2) is 8.23. The van der Waals surface area contributed by atoms with Gasteiger partial charge in [0, 0.05) is 21.9 Å². The van der Waals surface area contributed by atoms with Crippen LogP contribution in [0.5, 0.6) is 5.75 Å². The number of fused-ring (bicyclic) bond motifs is 7. The molecule has 1 unspecified atom stereocenters. The van der Waals surface area contributed by atoms with Gasteiger partial charge in [-0.3, -0.25) is 4.79 Å². The Balaban J connectivity index is 1.96. The molecular formula is C27H25N3O5. The number of benzene rings is 3. The number of carbonyl (C=O) groups excluding carboxylic acids is 2. The summed E-state index contributed by atoms with van der Waals surface area (Å²) in [5.74, 6) is -1.90. The molecule has 5 rings (SSSR count). The highest BCUT2D eigenvalue weighted by Crippen LogP contribution is 2.48. The van der Waals surface area contributed by atoms with Crippen molar-refractivity contribution in [2.75, 3.05) is 14.2 Å². The van der Waals surface area contributed by atoms with E-state index < -0.39 is 23.4 Å². The lowest BCUT2D eigenvalue weighted by atomic mass is 9.85. The van der Waals surface area contributed by atoms with E-state index in [9.17, 15) is 9.59 Å². The molecule has 0 aliphatic carbocycles. The zero-order valence-electron chi connectivity index (χ0n) is 20.1. The van der Waals surface area contributed by atoms with Gasteiger partial charge in [-0.15, -0.1) is 0 Å². The fraction of sp³-hybridized carbons (Fsp3) is 0.259. The molecule has 1 aliphatic heterocycles. The predicted octanol–water partition coefficient (Wildman–Crippen LogP) is 4.36. The lowest BCUT2D eigenvalue weighted by Gasteiger charge is -2.33. The zero-order chi connectivity index (χ0) is 24.9. The Morgan fingerprint density at radius 1 is 0.886 bits per heavy atom. The van der Waals surface area contributed by atoms with Crippen molar-refractivity contribution < 1.29 is 23.8 Å². The van der Waals surface area contributed by atoms with Gasteiger partial charge in [0.15, 0.2) is 0 Å². The monoisotopic (exact) mass is 471 g/mol. The molecule has 1 aromatic heterocycles. The molecule has 178 valence electrons. The second-order valence-corrected chi connectivity index (χ2v) is 9.37. The first-order chi connectivity index (χ1) is 16.7. The molecule has 3 aromatic carbocycles. The summed E-state index contributed by atoms with van der Waals surface area (Å²) in [5, 5.41) is 4.79. The molecule has 8 nitrogen and oxygen atoms in total. The summed E-state index contributed by atoms with van der Waals surface area (Å²) in [5.41, 5.74) is 2.40.